The summed E-state index contributed by atoms with van der Waals surface area (Å²) in [6, 6.07) is 2.92. The van der Waals surface area contributed by atoms with Crippen LogP contribution in [0.3, 0.4) is 0 Å². The minimum Gasteiger partial charge on any atom is -0.394 e. The first-order chi connectivity index (χ1) is 10.5. The molecule has 0 aliphatic carbocycles. The van der Waals surface area contributed by atoms with Crippen molar-refractivity contribution in [3.8, 4) is 0 Å². The van der Waals surface area contributed by atoms with Crippen LogP contribution in [-0.2, 0) is 0 Å². The molecule has 2 atom stereocenters. The van der Waals surface area contributed by atoms with Crippen LogP contribution in [0.15, 0.2) is 18.2 Å². The molecule has 0 spiro atoms. The SMILES string of the molecule is CCC(CO)NC(=O)NC1CCN(c2c(F)cccc2F)C1. The molecule has 2 rings (SSSR count). The quantitative estimate of drug-likeness (QED) is 0.774. The molecule has 1 heterocycles. The zero-order valence-electron chi connectivity index (χ0n) is 12.5. The van der Waals surface area contributed by atoms with Crippen LogP contribution in [0.5, 0.6) is 0 Å². The molecule has 1 saturated heterocycles. The number of carbonyl (C=O) groups excluding carboxylic acids is 1. The molecule has 5 nitrogen and oxygen atoms in total. The summed E-state index contributed by atoms with van der Waals surface area (Å²) in [4.78, 5) is 13.4. The van der Waals surface area contributed by atoms with Crippen molar-refractivity contribution in [2.75, 3.05) is 24.6 Å². The number of hydrogen-bond acceptors (Lipinski definition) is 3. The minimum absolute atomic E-state index is 0.0472. The summed E-state index contributed by atoms with van der Waals surface area (Å²) in [5.74, 6) is -1.20. The summed E-state index contributed by atoms with van der Waals surface area (Å²) in [7, 11) is 0. The van der Waals surface area contributed by atoms with E-state index in [1.54, 1.807) is 4.90 Å². The molecule has 0 bridgehead atoms. The van der Waals surface area contributed by atoms with Crippen LogP contribution in [0.25, 0.3) is 0 Å². The number of anilines is 1. The van der Waals surface area contributed by atoms with Crippen LogP contribution in [0.1, 0.15) is 19.8 Å². The number of hydrogen-bond donors (Lipinski definition) is 3. The minimum atomic E-state index is -0.601. The lowest BCUT2D eigenvalue weighted by atomic mass is 10.2. The summed E-state index contributed by atoms with van der Waals surface area (Å²) in [5.41, 5.74) is -0.0472. The van der Waals surface area contributed by atoms with Gasteiger partial charge in [-0.2, -0.15) is 0 Å². The fourth-order valence-corrected chi connectivity index (χ4v) is 2.56. The number of aliphatic hydroxyl groups is 1. The Morgan fingerprint density at radius 3 is 2.73 bits per heavy atom. The second-order valence-corrected chi connectivity index (χ2v) is 5.41. The Morgan fingerprint density at radius 1 is 1.45 bits per heavy atom. The van der Waals surface area contributed by atoms with Crippen LogP contribution in [0.2, 0.25) is 0 Å². The van der Waals surface area contributed by atoms with Crippen LogP contribution in [-0.4, -0.2) is 42.9 Å². The number of para-hydroxylation sites is 1. The normalized spacial score (nSPS) is 19.1. The van der Waals surface area contributed by atoms with E-state index in [-0.39, 0.29) is 30.4 Å². The molecule has 1 fully saturated rings. The molecule has 2 unspecified atom stereocenters. The van der Waals surface area contributed by atoms with E-state index in [0.717, 1.165) is 0 Å². The van der Waals surface area contributed by atoms with Gasteiger partial charge >= 0.3 is 6.03 Å². The molecule has 1 aromatic rings. The molecule has 0 aromatic heterocycles. The van der Waals surface area contributed by atoms with Gasteiger partial charge in [0.1, 0.15) is 17.3 Å². The maximum absolute atomic E-state index is 13.7. The molecule has 0 saturated carbocycles. The van der Waals surface area contributed by atoms with E-state index in [9.17, 15) is 13.6 Å². The van der Waals surface area contributed by atoms with Crippen molar-refractivity contribution >= 4 is 11.7 Å². The fourth-order valence-electron chi connectivity index (χ4n) is 2.56. The Labute approximate surface area is 128 Å². The number of benzene rings is 1. The fraction of sp³-hybridized carbons (Fsp3) is 0.533. The first-order valence-corrected chi connectivity index (χ1v) is 7.42. The molecule has 1 aliphatic rings. The second-order valence-electron chi connectivity index (χ2n) is 5.41. The Hall–Kier alpha value is -1.89. The average molecular weight is 313 g/mol. The summed E-state index contributed by atoms with van der Waals surface area (Å²) in [5, 5.41) is 14.5. The average Bonchev–Trinajstić information content (AvgIpc) is 2.92. The first-order valence-electron chi connectivity index (χ1n) is 7.42. The Balaban J connectivity index is 1.92. The van der Waals surface area contributed by atoms with Gasteiger partial charge < -0.3 is 20.6 Å². The van der Waals surface area contributed by atoms with E-state index >= 15 is 0 Å². The molecular weight excluding hydrogens is 292 g/mol. The smallest absolute Gasteiger partial charge is 0.315 e. The summed E-state index contributed by atoms with van der Waals surface area (Å²) in [6.07, 6.45) is 1.23. The Kier molecular flexibility index (Phi) is 5.54. The highest BCUT2D eigenvalue weighted by molar-refractivity contribution is 5.74. The molecule has 22 heavy (non-hydrogen) atoms. The molecule has 2 amide bonds. The highest BCUT2D eigenvalue weighted by Crippen LogP contribution is 2.26. The van der Waals surface area contributed by atoms with Crippen LogP contribution in [0.4, 0.5) is 19.3 Å². The largest absolute Gasteiger partial charge is 0.394 e. The maximum atomic E-state index is 13.7. The van der Waals surface area contributed by atoms with Crippen molar-refractivity contribution in [3.63, 3.8) is 0 Å². The number of rotatable bonds is 5. The standard InChI is InChI=1S/C15H21F2N3O2/c1-2-10(9-21)18-15(22)19-11-6-7-20(8-11)14-12(16)4-3-5-13(14)17/h3-5,10-11,21H,2,6-9H2,1H3,(H2,18,19,22). The van der Waals surface area contributed by atoms with Gasteiger partial charge in [0.05, 0.1) is 12.6 Å². The van der Waals surface area contributed by atoms with Crippen LogP contribution in [0, 0.1) is 11.6 Å². The number of nitrogens with zero attached hydrogens (tertiary/aromatic N) is 1. The zero-order valence-corrected chi connectivity index (χ0v) is 12.5. The van der Waals surface area contributed by atoms with E-state index in [1.807, 2.05) is 6.92 Å². The predicted molar refractivity (Wildman–Crippen MR) is 79.8 cm³/mol. The van der Waals surface area contributed by atoms with E-state index < -0.39 is 11.6 Å². The molecule has 0 radical (unpaired) electrons. The number of amides is 2. The number of nitrogens with one attached hydrogen (secondary N) is 2. The number of urea groups is 1. The third-order valence-electron chi connectivity index (χ3n) is 3.83. The molecule has 1 aromatic carbocycles. The van der Waals surface area contributed by atoms with Gasteiger partial charge in [-0.1, -0.05) is 13.0 Å². The van der Waals surface area contributed by atoms with Gasteiger partial charge in [-0.3, -0.25) is 0 Å². The first kappa shape index (κ1) is 16.5. The third kappa shape index (κ3) is 3.85. The maximum Gasteiger partial charge on any atom is 0.315 e. The number of halogens is 2. The molecular formula is C15H21F2N3O2. The van der Waals surface area contributed by atoms with Gasteiger partial charge in [-0.25, -0.2) is 13.6 Å². The van der Waals surface area contributed by atoms with Gasteiger partial charge in [-0.05, 0) is 25.0 Å². The molecule has 3 N–H and O–H groups in total. The Morgan fingerprint density at radius 2 is 2.14 bits per heavy atom. The van der Waals surface area contributed by atoms with Crippen molar-refractivity contribution < 1.29 is 18.7 Å². The van der Waals surface area contributed by atoms with Crippen molar-refractivity contribution in [2.24, 2.45) is 0 Å². The number of aliphatic hydroxyl groups excluding tert-OH is 1. The van der Waals surface area contributed by atoms with E-state index in [4.69, 9.17) is 5.11 Å². The zero-order chi connectivity index (χ0) is 16.1. The van der Waals surface area contributed by atoms with Gasteiger partial charge in [0.15, 0.2) is 0 Å². The second kappa shape index (κ2) is 7.40. The van der Waals surface area contributed by atoms with Gasteiger partial charge in [0.2, 0.25) is 0 Å². The van der Waals surface area contributed by atoms with Crippen molar-refractivity contribution in [1.82, 2.24) is 10.6 Å². The number of carbonyl (C=O) groups is 1. The summed E-state index contributed by atoms with van der Waals surface area (Å²) < 4.78 is 27.5. The molecule has 7 heteroatoms. The highest BCUT2D eigenvalue weighted by Gasteiger charge is 2.27. The van der Waals surface area contributed by atoms with E-state index in [0.29, 0.717) is 25.9 Å². The van der Waals surface area contributed by atoms with Crippen molar-refractivity contribution in [1.29, 1.82) is 0 Å². The van der Waals surface area contributed by atoms with E-state index in [2.05, 4.69) is 10.6 Å². The van der Waals surface area contributed by atoms with Crippen LogP contribution < -0.4 is 15.5 Å². The monoisotopic (exact) mass is 313 g/mol. The molecule has 122 valence electrons. The van der Waals surface area contributed by atoms with Crippen molar-refractivity contribution in [2.45, 2.75) is 31.8 Å². The van der Waals surface area contributed by atoms with Gasteiger partial charge in [0.25, 0.3) is 0 Å². The predicted octanol–water partition coefficient (Wildman–Crippen LogP) is 1.61. The topological polar surface area (TPSA) is 64.6 Å². The lowest BCUT2D eigenvalue weighted by Crippen LogP contribution is -2.48. The van der Waals surface area contributed by atoms with Gasteiger partial charge in [0, 0.05) is 19.1 Å². The summed E-state index contributed by atoms with van der Waals surface area (Å²) >= 11 is 0. The lowest BCUT2D eigenvalue weighted by molar-refractivity contribution is 0.212. The lowest BCUT2D eigenvalue weighted by Gasteiger charge is -2.21. The van der Waals surface area contributed by atoms with Crippen LogP contribution >= 0.6 is 0 Å². The van der Waals surface area contributed by atoms with E-state index in [1.165, 1.54) is 18.2 Å². The van der Waals surface area contributed by atoms with Crippen molar-refractivity contribution in [3.05, 3.63) is 29.8 Å². The van der Waals surface area contributed by atoms with Gasteiger partial charge in [-0.15, -0.1) is 0 Å². The summed E-state index contributed by atoms with van der Waals surface area (Å²) in [6.45, 7) is 2.56. The highest BCUT2D eigenvalue weighted by atomic mass is 19.1. The Bertz CT molecular complexity index is 503. The third-order valence-corrected chi connectivity index (χ3v) is 3.83. The molecule has 1 aliphatic heterocycles.